The van der Waals surface area contributed by atoms with Crippen LogP contribution in [0.15, 0.2) is 55.2 Å². The molecule has 2 fully saturated rings. The highest BCUT2D eigenvalue weighted by Crippen LogP contribution is 2.37. The van der Waals surface area contributed by atoms with Gasteiger partial charge in [-0.2, -0.15) is 0 Å². The van der Waals surface area contributed by atoms with Crippen LogP contribution >= 0.6 is 0 Å². The number of aromatic amines is 1. The fraction of sp³-hybridized carbons (Fsp3) is 0.512. The Morgan fingerprint density at radius 3 is 2.07 bits per heavy atom. The van der Waals surface area contributed by atoms with Crippen LogP contribution < -0.4 is 0 Å². The summed E-state index contributed by atoms with van der Waals surface area (Å²) in [4.78, 5) is 56.7. The van der Waals surface area contributed by atoms with Gasteiger partial charge in [0.15, 0.2) is 5.82 Å². The van der Waals surface area contributed by atoms with Crippen LogP contribution in [0, 0.1) is 0 Å². The molecule has 0 bridgehead atoms. The Hall–Kier alpha value is -5.15. The van der Waals surface area contributed by atoms with Crippen LogP contribution in [0.4, 0.5) is 9.59 Å². The summed E-state index contributed by atoms with van der Waals surface area (Å²) in [7, 11) is -1.29. The lowest BCUT2D eigenvalue weighted by Gasteiger charge is -2.29. The number of nitrogens with zero attached hydrogens (tertiary/aromatic N) is 8. The van der Waals surface area contributed by atoms with E-state index in [0.29, 0.717) is 43.8 Å². The van der Waals surface area contributed by atoms with Crippen molar-refractivity contribution in [2.75, 3.05) is 19.7 Å². The normalized spacial score (nSPS) is 17.7. The highest BCUT2D eigenvalue weighted by Gasteiger charge is 2.37. The molecule has 58 heavy (non-hydrogen) atoms. The van der Waals surface area contributed by atoms with E-state index in [1.807, 2.05) is 60.0 Å². The molecule has 4 aromatic heterocycles. The van der Waals surface area contributed by atoms with Gasteiger partial charge in [0.05, 0.1) is 35.9 Å². The first-order valence-electron chi connectivity index (χ1n) is 20.3. The molecule has 0 aliphatic carbocycles. The van der Waals surface area contributed by atoms with Gasteiger partial charge in [-0.25, -0.2) is 29.5 Å². The number of carbonyl (C=O) groups is 2. The summed E-state index contributed by atoms with van der Waals surface area (Å²) >= 11 is 0. The Balaban J connectivity index is 1.10. The molecule has 0 unspecified atom stereocenters. The molecule has 2 saturated heterocycles. The minimum absolute atomic E-state index is 0.177. The molecule has 0 spiro atoms. The highest BCUT2D eigenvalue weighted by molar-refractivity contribution is 6.76. The van der Waals surface area contributed by atoms with E-state index in [-0.39, 0.29) is 24.3 Å². The molecule has 2 amide bonds. The van der Waals surface area contributed by atoms with Crippen LogP contribution in [0.25, 0.3) is 44.8 Å². The number of benzene rings is 1. The minimum atomic E-state index is -1.29. The lowest BCUT2D eigenvalue weighted by Crippen LogP contribution is -2.37. The summed E-state index contributed by atoms with van der Waals surface area (Å²) in [5.74, 6) is 2.02. The Morgan fingerprint density at radius 1 is 0.759 bits per heavy atom. The standard InChI is InChI=1S/C43H57N9O5Si/c1-42(2,3)56-40(53)50-16-10-12-34(50)38-47-25-33(49-38)31-23-45-37(46-24-31)32-21-28-14-15-29(20-30(28)22-44-32)36-26-48-39(52(36)27-55-18-19-58(7,8)9)35-13-11-17-51(35)41(54)57-43(4,5)6/h14-15,20-26,34-35H,10-13,16-19,27H2,1-9H3,(H,47,49)/t34-,35-/m0/s1. The van der Waals surface area contributed by atoms with Gasteiger partial charge >= 0.3 is 12.2 Å². The second kappa shape index (κ2) is 16.2. The first kappa shape index (κ1) is 41.0. The Kier molecular flexibility index (Phi) is 11.5. The van der Waals surface area contributed by atoms with Gasteiger partial charge in [-0.3, -0.25) is 14.8 Å². The van der Waals surface area contributed by atoms with E-state index in [2.05, 4.69) is 62.3 Å². The molecule has 1 aromatic carbocycles. The molecule has 1 N–H and O–H groups in total. The zero-order chi connectivity index (χ0) is 41.4. The smallest absolute Gasteiger partial charge is 0.410 e. The Labute approximate surface area is 341 Å². The fourth-order valence-corrected chi connectivity index (χ4v) is 8.15. The topological polar surface area (TPSA) is 153 Å². The van der Waals surface area contributed by atoms with Gasteiger partial charge in [0.25, 0.3) is 0 Å². The number of hydrogen-bond donors (Lipinski definition) is 1. The Bertz CT molecular complexity index is 2250. The number of rotatable bonds is 10. The van der Waals surface area contributed by atoms with Crippen molar-refractivity contribution in [2.24, 2.45) is 0 Å². The van der Waals surface area contributed by atoms with Gasteiger partial charge in [0.2, 0.25) is 0 Å². The zero-order valence-electron chi connectivity index (χ0n) is 35.3. The maximum Gasteiger partial charge on any atom is 0.410 e. The van der Waals surface area contributed by atoms with Gasteiger partial charge in [-0.1, -0.05) is 31.8 Å². The summed E-state index contributed by atoms with van der Waals surface area (Å²) in [5.41, 5.74) is 2.94. The number of ether oxygens (including phenoxy) is 3. The predicted molar refractivity (Wildman–Crippen MR) is 226 cm³/mol. The van der Waals surface area contributed by atoms with E-state index in [4.69, 9.17) is 24.2 Å². The minimum Gasteiger partial charge on any atom is -0.444 e. The van der Waals surface area contributed by atoms with E-state index < -0.39 is 19.3 Å². The van der Waals surface area contributed by atoms with Crippen LogP contribution in [0.3, 0.4) is 0 Å². The van der Waals surface area contributed by atoms with E-state index in [9.17, 15) is 9.59 Å². The van der Waals surface area contributed by atoms with Crippen molar-refractivity contribution < 1.29 is 23.8 Å². The summed E-state index contributed by atoms with van der Waals surface area (Å²) in [6.45, 7) is 20.6. The third kappa shape index (κ3) is 9.58. The monoisotopic (exact) mass is 807 g/mol. The van der Waals surface area contributed by atoms with Crippen LogP contribution in [-0.2, 0) is 20.9 Å². The molecule has 308 valence electrons. The number of carbonyl (C=O) groups excluding carboxylic acids is 2. The summed E-state index contributed by atoms with van der Waals surface area (Å²) < 4.78 is 19.8. The first-order valence-corrected chi connectivity index (χ1v) is 24.0. The van der Waals surface area contributed by atoms with Gasteiger partial charge in [0, 0.05) is 62.9 Å². The van der Waals surface area contributed by atoms with Gasteiger partial charge in [0.1, 0.15) is 35.3 Å². The van der Waals surface area contributed by atoms with Crippen molar-refractivity contribution in [3.63, 3.8) is 0 Å². The number of H-pyrrole nitrogens is 1. The molecular formula is C43H57N9O5Si. The molecule has 15 heteroatoms. The lowest BCUT2D eigenvalue weighted by molar-refractivity contribution is 0.0199. The third-order valence-corrected chi connectivity index (χ3v) is 12.0. The van der Waals surface area contributed by atoms with Crippen molar-refractivity contribution in [3.05, 3.63) is 66.9 Å². The molecule has 14 nitrogen and oxygen atoms in total. The van der Waals surface area contributed by atoms with E-state index in [0.717, 1.165) is 70.8 Å². The number of fused-ring (bicyclic) bond motifs is 1. The molecule has 0 saturated carbocycles. The van der Waals surface area contributed by atoms with E-state index >= 15 is 0 Å². The average molecular weight is 808 g/mol. The van der Waals surface area contributed by atoms with Crippen LogP contribution in [-0.4, -0.2) is 95.4 Å². The molecule has 2 aliphatic heterocycles. The third-order valence-electron chi connectivity index (χ3n) is 10.3. The van der Waals surface area contributed by atoms with Crippen LogP contribution in [0.5, 0.6) is 0 Å². The second-order valence-electron chi connectivity index (χ2n) is 18.6. The zero-order valence-corrected chi connectivity index (χ0v) is 36.3. The Morgan fingerprint density at radius 2 is 1.41 bits per heavy atom. The van der Waals surface area contributed by atoms with Crippen molar-refractivity contribution in [3.8, 4) is 34.0 Å². The van der Waals surface area contributed by atoms with Gasteiger partial charge < -0.3 is 23.8 Å². The van der Waals surface area contributed by atoms with Crippen molar-refractivity contribution in [1.82, 2.24) is 44.3 Å². The molecule has 6 heterocycles. The lowest BCUT2D eigenvalue weighted by atomic mass is 10.1. The predicted octanol–water partition coefficient (Wildman–Crippen LogP) is 9.40. The highest BCUT2D eigenvalue weighted by atomic mass is 28.3. The van der Waals surface area contributed by atoms with Crippen molar-refractivity contribution >= 4 is 31.0 Å². The number of imidazole rings is 2. The fourth-order valence-electron chi connectivity index (χ4n) is 7.40. The maximum absolute atomic E-state index is 13.3. The molecule has 5 aromatic rings. The molecule has 0 radical (unpaired) electrons. The number of aromatic nitrogens is 7. The summed E-state index contributed by atoms with van der Waals surface area (Å²) in [6.07, 6.45) is 11.7. The largest absolute Gasteiger partial charge is 0.444 e. The van der Waals surface area contributed by atoms with Gasteiger partial charge in [-0.05, 0) is 90.8 Å². The summed E-state index contributed by atoms with van der Waals surface area (Å²) in [6, 6.07) is 8.93. The average Bonchev–Trinajstić information content (AvgIpc) is 3.98. The molecule has 2 aliphatic rings. The quantitative estimate of drug-likeness (QED) is 0.107. The summed E-state index contributed by atoms with van der Waals surface area (Å²) in [5, 5.41) is 1.95. The first-order chi connectivity index (χ1) is 27.4. The van der Waals surface area contributed by atoms with Crippen molar-refractivity contribution in [1.29, 1.82) is 0 Å². The number of pyridine rings is 1. The number of nitrogens with one attached hydrogen (secondary N) is 1. The second-order valence-corrected chi connectivity index (χ2v) is 24.2. The van der Waals surface area contributed by atoms with E-state index in [1.165, 1.54) is 0 Å². The SMILES string of the molecule is CC(C)(C)OC(=O)N1CCC[C@H]1c1ncc(-c2cnc(-c3cc4ccc(-c5cnc([C@@H]6CCCN6C(=O)OC(C)(C)C)n5COCC[Si](C)(C)C)cc4cn3)nc2)[nH]1. The van der Waals surface area contributed by atoms with Gasteiger partial charge in [-0.15, -0.1) is 0 Å². The van der Waals surface area contributed by atoms with E-state index in [1.54, 1.807) is 28.4 Å². The number of likely N-dealkylation sites (tertiary alicyclic amines) is 2. The van der Waals surface area contributed by atoms with Crippen LogP contribution in [0.2, 0.25) is 25.7 Å². The maximum atomic E-state index is 13.3. The molecule has 2 atom stereocenters. The number of amides is 2. The molecule has 7 rings (SSSR count). The number of hydrogen-bond acceptors (Lipinski definition) is 10. The van der Waals surface area contributed by atoms with Crippen LogP contribution in [0.1, 0.15) is 91.0 Å². The van der Waals surface area contributed by atoms with Crippen molar-refractivity contribution in [2.45, 2.75) is 123 Å². The molecular weight excluding hydrogens is 751 g/mol.